The van der Waals surface area contributed by atoms with Crippen molar-refractivity contribution in [3.05, 3.63) is 63.7 Å². The third-order valence-electron chi connectivity index (χ3n) is 3.45. The van der Waals surface area contributed by atoms with Crippen LogP contribution < -0.4 is 15.4 Å². The van der Waals surface area contributed by atoms with Crippen molar-refractivity contribution in [2.24, 2.45) is 0 Å². The summed E-state index contributed by atoms with van der Waals surface area (Å²) in [6.07, 6.45) is -4.82. The minimum Gasteiger partial charge on any atom is -0.406 e. The number of halogens is 3. The van der Waals surface area contributed by atoms with Crippen LogP contribution in [-0.2, 0) is 4.79 Å². The summed E-state index contributed by atoms with van der Waals surface area (Å²) in [5.41, 5.74) is 0.369. The molecule has 0 saturated carbocycles. The Balaban J connectivity index is 1.91. The number of hydrogen-bond acceptors (Lipinski definition) is 5. The lowest BCUT2D eigenvalue weighted by atomic mass is 10.1. The summed E-state index contributed by atoms with van der Waals surface area (Å²) >= 11 is 0. The molecule has 0 aliphatic heterocycles. The molecule has 0 bridgehead atoms. The molecule has 2 N–H and O–H groups in total. The average molecular weight is 397 g/mol. The predicted molar refractivity (Wildman–Crippen MR) is 91.9 cm³/mol. The number of carbonyl (C=O) groups is 2. The molecule has 28 heavy (non-hydrogen) atoms. The zero-order valence-electron chi connectivity index (χ0n) is 14.4. The van der Waals surface area contributed by atoms with Gasteiger partial charge in [0.05, 0.1) is 11.5 Å². The number of alkyl halides is 3. The third kappa shape index (κ3) is 5.97. The van der Waals surface area contributed by atoms with E-state index in [1.165, 1.54) is 31.2 Å². The highest BCUT2D eigenvalue weighted by Gasteiger charge is 2.30. The summed E-state index contributed by atoms with van der Waals surface area (Å²) in [6, 6.07) is 8.34. The second-order valence-electron chi connectivity index (χ2n) is 5.56. The Labute approximate surface area is 156 Å². The van der Waals surface area contributed by atoms with Crippen molar-refractivity contribution in [1.29, 1.82) is 0 Å². The Hall–Kier alpha value is -3.63. The summed E-state index contributed by atoms with van der Waals surface area (Å²) in [4.78, 5) is 34.2. The summed E-state index contributed by atoms with van der Waals surface area (Å²) in [5.74, 6) is -1.77. The molecule has 0 atom stereocenters. The van der Waals surface area contributed by atoms with Crippen molar-refractivity contribution in [2.75, 3.05) is 11.9 Å². The highest BCUT2D eigenvalue weighted by molar-refractivity contribution is 5.99. The summed E-state index contributed by atoms with van der Waals surface area (Å²) in [7, 11) is 0. The van der Waals surface area contributed by atoms with Crippen molar-refractivity contribution in [3.8, 4) is 5.75 Å². The number of benzene rings is 2. The molecule has 2 amide bonds. The Bertz CT molecular complexity index is 898. The maximum atomic E-state index is 12.1. The summed E-state index contributed by atoms with van der Waals surface area (Å²) in [5, 5.41) is 15.6. The highest BCUT2D eigenvalue weighted by Crippen LogP contribution is 2.24. The predicted octanol–water partition coefficient (Wildman–Crippen LogP) is 3.17. The number of rotatable bonds is 6. The van der Waals surface area contributed by atoms with Crippen LogP contribution in [0.3, 0.4) is 0 Å². The normalized spacial score (nSPS) is 10.9. The van der Waals surface area contributed by atoms with Gasteiger partial charge in [-0.15, -0.1) is 13.2 Å². The van der Waals surface area contributed by atoms with Crippen molar-refractivity contribution in [3.63, 3.8) is 0 Å². The topological polar surface area (TPSA) is 111 Å². The van der Waals surface area contributed by atoms with Gasteiger partial charge in [-0.3, -0.25) is 19.7 Å². The van der Waals surface area contributed by atoms with Crippen molar-refractivity contribution in [1.82, 2.24) is 5.32 Å². The van der Waals surface area contributed by atoms with Gasteiger partial charge >= 0.3 is 6.36 Å². The van der Waals surface area contributed by atoms with E-state index >= 15 is 0 Å². The van der Waals surface area contributed by atoms with Crippen LogP contribution in [0, 0.1) is 17.0 Å². The smallest absolute Gasteiger partial charge is 0.406 e. The highest BCUT2D eigenvalue weighted by atomic mass is 19.4. The molecule has 0 spiro atoms. The van der Waals surface area contributed by atoms with E-state index in [0.717, 1.165) is 18.2 Å². The van der Waals surface area contributed by atoms with E-state index in [0.29, 0.717) is 5.56 Å². The second-order valence-corrected chi connectivity index (χ2v) is 5.56. The molecule has 0 saturated heterocycles. The van der Waals surface area contributed by atoms with Crippen LogP contribution in [0.5, 0.6) is 5.75 Å². The van der Waals surface area contributed by atoms with Gasteiger partial charge in [0.15, 0.2) is 0 Å². The van der Waals surface area contributed by atoms with Gasteiger partial charge in [0.2, 0.25) is 5.91 Å². The maximum absolute atomic E-state index is 12.1. The molecule has 2 aromatic rings. The van der Waals surface area contributed by atoms with Crippen LogP contribution in [0.1, 0.15) is 15.9 Å². The first-order chi connectivity index (χ1) is 13.0. The monoisotopic (exact) mass is 397 g/mol. The molecule has 148 valence electrons. The number of carbonyl (C=O) groups excluding carboxylic acids is 2. The Morgan fingerprint density at radius 2 is 1.79 bits per heavy atom. The van der Waals surface area contributed by atoms with Gasteiger partial charge in [-0.1, -0.05) is 6.07 Å². The molecule has 0 fully saturated rings. The minimum absolute atomic E-state index is 0.0127. The first-order valence-corrected chi connectivity index (χ1v) is 7.74. The largest absolute Gasteiger partial charge is 0.573 e. The molecule has 0 aromatic heterocycles. The average Bonchev–Trinajstić information content (AvgIpc) is 2.60. The first kappa shape index (κ1) is 20.7. The molecule has 0 unspecified atom stereocenters. The Morgan fingerprint density at radius 1 is 1.14 bits per heavy atom. The second kappa shape index (κ2) is 8.37. The lowest BCUT2D eigenvalue weighted by Gasteiger charge is -2.10. The molecular formula is C17H14F3N3O5. The van der Waals surface area contributed by atoms with Gasteiger partial charge in [0.25, 0.3) is 11.6 Å². The quantitative estimate of drug-likeness (QED) is 0.575. The first-order valence-electron chi connectivity index (χ1n) is 7.74. The number of nitro groups is 1. The molecule has 2 aromatic carbocycles. The van der Waals surface area contributed by atoms with E-state index in [2.05, 4.69) is 15.4 Å². The standard InChI is InChI=1S/C17H14F3N3O5/c1-10-2-3-11(8-14(10)23(26)27)16(25)21-9-15(24)22-12-4-6-13(7-5-12)28-17(18,19)20/h2-8H,9H2,1H3,(H,21,25)(H,22,24). The third-order valence-corrected chi connectivity index (χ3v) is 3.45. The van der Waals surface area contributed by atoms with Crippen LogP contribution in [0.15, 0.2) is 42.5 Å². The lowest BCUT2D eigenvalue weighted by Crippen LogP contribution is -2.32. The van der Waals surface area contributed by atoms with E-state index in [1.54, 1.807) is 0 Å². The van der Waals surface area contributed by atoms with Crippen molar-refractivity contribution < 1.29 is 32.4 Å². The van der Waals surface area contributed by atoms with Gasteiger partial charge in [-0.25, -0.2) is 0 Å². The number of nitro benzene ring substituents is 1. The van der Waals surface area contributed by atoms with Gasteiger partial charge in [-0.2, -0.15) is 0 Å². The lowest BCUT2D eigenvalue weighted by molar-refractivity contribution is -0.385. The van der Waals surface area contributed by atoms with Crippen molar-refractivity contribution in [2.45, 2.75) is 13.3 Å². The summed E-state index contributed by atoms with van der Waals surface area (Å²) in [6.45, 7) is 1.08. The maximum Gasteiger partial charge on any atom is 0.573 e. The van der Waals surface area contributed by atoms with Gasteiger partial charge in [0.1, 0.15) is 5.75 Å². The molecule has 11 heteroatoms. The van der Waals surface area contributed by atoms with E-state index in [-0.39, 0.29) is 16.9 Å². The van der Waals surface area contributed by atoms with Crippen LogP contribution in [0.4, 0.5) is 24.5 Å². The van der Waals surface area contributed by atoms with Gasteiger partial charge < -0.3 is 15.4 Å². The number of ether oxygens (including phenoxy) is 1. The fourth-order valence-electron chi connectivity index (χ4n) is 2.16. The molecule has 8 nitrogen and oxygen atoms in total. The minimum atomic E-state index is -4.82. The molecule has 0 radical (unpaired) electrons. The zero-order valence-corrected chi connectivity index (χ0v) is 14.4. The number of nitrogens with one attached hydrogen (secondary N) is 2. The SMILES string of the molecule is Cc1ccc(C(=O)NCC(=O)Nc2ccc(OC(F)(F)F)cc2)cc1[N+](=O)[O-]. The molecule has 0 aliphatic carbocycles. The fraction of sp³-hybridized carbons (Fsp3) is 0.176. The number of anilines is 1. The summed E-state index contributed by atoms with van der Waals surface area (Å²) < 4.78 is 40.0. The van der Waals surface area contributed by atoms with E-state index < -0.39 is 35.4 Å². The Morgan fingerprint density at radius 3 is 2.36 bits per heavy atom. The van der Waals surface area contributed by atoms with E-state index in [1.807, 2.05) is 0 Å². The molecule has 2 rings (SSSR count). The molecule has 0 aliphatic rings. The molecular weight excluding hydrogens is 383 g/mol. The van der Waals surface area contributed by atoms with Crippen LogP contribution >= 0.6 is 0 Å². The van der Waals surface area contributed by atoms with Gasteiger partial charge in [-0.05, 0) is 37.3 Å². The van der Waals surface area contributed by atoms with Crippen molar-refractivity contribution >= 4 is 23.2 Å². The van der Waals surface area contributed by atoms with Crippen LogP contribution in [-0.4, -0.2) is 29.6 Å². The number of hydrogen-bond donors (Lipinski definition) is 2. The number of aryl methyl sites for hydroxylation is 1. The van der Waals surface area contributed by atoms with E-state index in [4.69, 9.17) is 0 Å². The van der Waals surface area contributed by atoms with E-state index in [9.17, 15) is 32.9 Å². The zero-order chi connectivity index (χ0) is 20.9. The molecule has 0 heterocycles. The van der Waals surface area contributed by atoms with Gasteiger partial charge in [0, 0.05) is 22.9 Å². The van der Waals surface area contributed by atoms with Crippen LogP contribution in [0.2, 0.25) is 0 Å². The van der Waals surface area contributed by atoms with Crippen LogP contribution in [0.25, 0.3) is 0 Å². The number of nitrogens with zero attached hydrogens (tertiary/aromatic N) is 1. The fourth-order valence-corrected chi connectivity index (χ4v) is 2.16. The Kier molecular flexibility index (Phi) is 6.18. The number of amides is 2.